The minimum atomic E-state index is -0.853. The van der Waals surface area contributed by atoms with Gasteiger partial charge in [-0.05, 0) is 32.1 Å². The third kappa shape index (κ3) is 22.7. The molecule has 0 rings (SSSR count). The van der Waals surface area contributed by atoms with Gasteiger partial charge in [-0.25, -0.2) is 0 Å². The van der Waals surface area contributed by atoms with E-state index in [0.717, 1.165) is 32.1 Å². The monoisotopic (exact) mass is 479 g/mol. The van der Waals surface area contributed by atoms with Crippen LogP contribution in [0, 0.1) is 0 Å². The zero-order chi connectivity index (χ0) is 25.1. The third-order valence-corrected chi connectivity index (χ3v) is 6.44. The van der Waals surface area contributed by atoms with Gasteiger partial charge in [0.15, 0.2) is 0 Å². The van der Waals surface area contributed by atoms with Crippen LogP contribution in [0.15, 0.2) is 24.3 Å². The lowest BCUT2D eigenvalue weighted by molar-refractivity contribution is -0.123. The maximum absolute atomic E-state index is 12.2. The van der Waals surface area contributed by atoms with E-state index >= 15 is 0 Å². The highest BCUT2D eigenvalue weighted by Gasteiger charge is 2.17. The zero-order valence-electron chi connectivity index (χ0n) is 22.6. The van der Waals surface area contributed by atoms with Gasteiger partial charge in [0, 0.05) is 6.42 Å². The molecule has 0 saturated heterocycles. The van der Waals surface area contributed by atoms with Crippen molar-refractivity contribution in [2.75, 3.05) is 6.61 Å². The maximum Gasteiger partial charge on any atom is 0.220 e. The summed E-state index contributed by atoms with van der Waals surface area (Å²) in [6.07, 6.45) is 31.0. The molecule has 3 N–H and O–H groups in total. The summed E-state index contributed by atoms with van der Waals surface area (Å²) in [7, 11) is 0. The summed E-state index contributed by atoms with van der Waals surface area (Å²) in [6.45, 7) is 4.23. The number of carbonyl (C=O) groups is 1. The molecular formula is C30H57NO3. The Kier molecular flexibility index (Phi) is 25.6. The molecule has 4 nitrogen and oxygen atoms in total. The summed E-state index contributed by atoms with van der Waals surface area (Å²) in [5.41, 5.74) is 0. The molecule has 0 spiro atoms. The van der Waals surface area contributed by atoms with Crippen molar-refractivity contribution in [3.05, 3.63) is 24.3 Å². The summed E-state index contributed by atoms with van der Waals surface area (Å²) in [5, 5.41) is 22.6. The van der Waals surface area contributed by atoms with Crippen molar-refractivity contribution in [3.63, 3.8) is 0 Å². The van der Waals surface area contributed by atoms with Crippen LogP contribution < -0.4 is 5.32 Å². The van der Waals surface area contributed by atoms with Crippen LogP contribution in [0.3, 0.4) is 0 Å². The molecular weight excluding hydrogens is 422 g/mol. The van der Waals surface area contributed by atoms with Gasteiger partial charge < -0.3 is 15.5 Å². The van der Waals surface area contributed by atoms with Crippen LogP contribution in [0.2, 0.25) is 0 Å². The molecule has 0 radical (unpaired) electrons. The molecule has 0 fully saturated rings. The fraction of sp³-hybridized carbons (Fsp3) is 0.833. The van der Waals surface area contributed by atoms with Gasteiger partial charge in [-0.2, -0.15) is 0 Å². The second kappa shape index (κ2) is 26.5. The van der Waals surface area contributed by atoms with Crippen molar-refractivity contribution in [1.29, 1.82) is 0 Å². The third-order valence-electron chi connectivity index (χ3n) is 6.44. The lowest BCUT2D eigenvalue weighted by Crippen LogP contribution is -2.45. The SMILES string of the molecule is CCCCCCC/C=C/CC/C=C/C(O)C(CO)NC(=O)CCCCCCCCCCCCC. The van der Waals surface area contributed by atoms with Crippen LogP contribution in [-0.2, 0) is 4.79 Å². The number of unbranched alkanes of at least 4 members (excludes halogenated alkanes) is 16. The van der Waals surface area contributed by atoms with E-state index in [1.807, 2.05) is 6.08 Å². The first-order valence-electron chi connectivity index (χ1n) is 14.6. The van der Waals surface area contributed by atoms with E-state index in [0.29, 0.717) is 6.42 Å². The number of amides is 1. The first kappa shape index (κ1) is 32.9. The van der Waals surface area contributed by atoms with E-state index in [2.05, 4.69) is 31.3 Å². The van der Waals surface area contributed by atoms with Crippen molar-refractivity contribution < 1.29 is 15.0 Å². The Morgan fingerprint density at radius 3 is 1.71 bits per heavy atom. The summed E-state index contributed by atoms with van der Waals surface area (Å²) in [5.74, 6) is -0.0794. The summed E-state index contributed by atoms with van der Waals surface area (Å²) in [6, 6.07) is -0.630. The van der Waals surface area contributed by atoms with Gasteiger partial charge in [-0.1, -0.05) is 128 Å². The quantitative estimate of drug-likeness (QED) is 0.0924. The predicted molar refractivity (Wildman–Crippen MR) is 147 cm³/mol. The summed E-state index contributed by atoms with van der Waals surface area (Å²) < 4.78 is 0. The summed E-state index contributed by atoms with van der Waals surface area (Å²) in [4.78, 5) is 12.2. The molecule has 4 heteroatoms. The Labute approximate surface area is 211 Å². The van der Waals surface area contributed by atoms with Crippen LogP contribution in [-0.4, -0.2) is 34.9 Å². The Morgan fingerprint density at radius 1 is 0.676 bits per heavy atom. The van der Waals surface area contributed by atoms with Gasteiger partial charge in [0.1, 0.15) is 0 Å². The molecule has 0 aliphatic rings. The largest absolute Gasteiger partial charge is 0.394 e. The maximum atomic E-state index is 12.2. The molecule has 0 aromatic carbocycles. The second-order valence-electron chi connectivity index (χ2n) is 9.81. The lowest BCUT2D eigenvalue weighted by atomic mass is 10.0. The minimum Gasteiger partial charge on any atom is -0.394 e. The fourth-order valence-electron chi connectivity index (χ4n) is 4.13. The van der Waals surface area contributed by atoms with Crippen LogP contribution in [0.4, 0.5) is 0 Å². The Bertz CT molecular complexity index is 489. The number of rotatable bonds is 25. The van der Waals surface area contributed by atoms with Gasteiger partial charge in [-0.15, -0.1) is 0 Å². The normalized spacial score (nSPS) is 13.6. The van der Waals surface area contributed by atoms with Crippen molar-refractivity contribution in [2.24, 2.45) is 0 Å². The molecule has 0 aromatic heterocycles. The molecule has 2 atom stereocenters. The van der Waals surface area contributed by atoms with Crippen molar-refractivity contribution in [1.82, 2.24) is 5.32 Å². The molecule has 0 bridgehead atoms. The van der Waals surface area contributed by atoms with E-state index in [9.17, 15) is 15.0 Å². The number of hydrogen-bond donors (Lipinski definition) is 3. The van der Waals surface area contributed by atoms with Crippen molar-refractivity contribution in [2.45, 2.75) is 154 Å². The lowest BCUT2D eigenvalue weighted by Gasteiger charge is -2.19. The van der Waals surface area contributed by atoms with Gasteiger partial charge in [0.25, 0.3) is 0 Å². The van der Waals surface area contributed by atoms with Crippen LogP contribution in [0.1, 0.15) is 142 Å². The number of nitrogens with one attached hydrogen (secondary N) is 1. The Balaban J connectivity index is 3.76. The molecule has 200 valence electrons. The Morgan fingerprint density at radius 2 is 1.15 bits per heavy atom. The number of aliphatic hydroxyl groups is 2. The number of aliphatic hydroxyl groups excluding tert-OH is 2. The highest BCUT2D eigenvalue weighted by atomic mass is 16.3. The molecule has 0 saturated carbocycles. The van der Waals surface area contributed by atoms with E-state index in [4.69, 9.17) is 0 Å². The number of allylic oxidation sites excluding steroid dienone is 3. The van der Waals surface area contributed by atoms with E-state index in [-0.39, 0.29) is 12.5 Å². The smallest absolute Gasteiger partial charge is 0.220 e. The van der Waals surface area contributed by atoms with Gasteiger partial charge >= 0.3 is 0 Å². The first-order valence-corrected chi connectivity index (χ1v) is 14.6. The van der Waals surface area contributed by atoms with Crippen LogP contribution in [0.5, 0.6) is 0 Å². The topological polar surface area (TPSA) is 69.6 Å². The van der Waals surface area contributed by atoms with Crippen molar-refractivity contribution in [3.8, 4) is 0 Å². The van der Waals surface area contributed by atoms with E-state index in [1.165, 1.54) is 89.9 Å². The Hall–Kier alpha value is -1.13. The molecule has 1 amide bonds. The average molecular weight is 480 g/mol. The molecule has 0 aliphatic carbocycles. The van der Waals surface area contributed by atoms with Gasteiger partial charge in [0.05, 0.1) is 18.8 Å². The van der Waals surface area contributed by atoms with Crippen molar-refractivity contribution >= 4 is 5.91 Å². The fourth-order valence-corrected chi connectivity index (χ4v) is 4.13. The van der Waals surface area contributed by atoms with Gasteiger partial charge in [-0.3, -0.25) is 4.79 Å². The number of hydrogen-bond acceptors (Lipinski definition) is 3. The van der Waals surface area contributed by atoms with E-state index < -0.39 is 12.1 Å². The standard InChI is InChI=1S/C30H57NO3/c1-3-5-7-9-11-13-15-17-19-21-23-25-29(33)28(27-32)31-30(34)26-24-22-20-18-16-14-12-10-8-6-4-2/h15,17,23,25,28-29,32-33H,3-14,16,18-22,24,26-27H2,1-2H3,(H,31,34)/b17-15+,25-23+. The zero-order valence-corrected chi connectivity index (χ0v) is 22.6. The summed E-state index contributed by atoms with van der Waals surface area (Å²) >= 11 is 0. The highest BCUT2D eigenvalue weighted by molar-refractivity contribution is 5.76. The molecule has 0 aliphatic heterocycles. The van der Waals surface area contributed by atoms with Crippen LogP contribution >= 0.6 is 0 Å². The minimum absolute atomic E-state index is 0.0794. The second-order valence-corrected chi connectivity index (χ2v) is 9.81. The molecule has 0 aromatic rings. The highest BCUT2D eigenvalue weighted by Crippen LogP contribution is 2.12. The van der Waals surface area contributed by atoms with Gasteiger partial charge in [0.2, 0.25) is 5.91 Å². The van der Waals surface area contributed by atoms with E-state index in [1.54, 1.807) is 6.08 Å². The number of carbonyl (C=O) groups excluding carboxylic acids is 1. The van der Waals surface area contributed by atoms with Crippen LogP contribution in [0.25, 0.3) is 0 Å². The molecule has 34 heavy (non-hydrogen) atoms. The predicted octanol–water partition coefficient (Wildman–Crippen LogP) is 7.78. The molecule has 0 heterocycles. The molecule has 2 unspecified atom stereocenters. The average Bonchev–Trinajstić information content (AvgIpc) is 2.84. The first-order chi connectivity index (χ1) is 16.7.